The molecule has 0 spiro atoms. The monoisotopic (exact) mass is 252 g/mol. The lowest BCUT2D eigenvalue weighted by Gasteiger charge is -2.39. The van der Waals surface area contributed by atoms with E-state index >= 15 is 0 Å². The summed E-state index contributed by atoms with van der Waals surface area (Å²) in [6.45, 7) is 4.49. The zero-order valence-corrected chi connectivity index (χ0v) is 11.4. The summed E-state index contributed by atoms with van der Waals surface area (Å²) < 4.78 is 4.48. The minimum Gasteiger partial charge on any atom is -0.347 e. The molecule has 4 nitrogen and oxygen atoms in total. The van der Waals surface area contributed by atoms with E-state index in [2.05, 4.69) is 33.5 Å². The molecular formula is C12H20N4S. The molecule has 1 N–H and O–H groups in total. The zero-order valence-electron chi connectivity index (χ0n) is 10.6. The number of hydrogen-bond donors (Lipinski definition) is 1. The number of rotatable bonds is 3. The molecule has 1 saturated heterocycles. The van der Waals surface area contributed by atoms with E-state index < -0.39 is 0 Å². The first-order valence-corrected chi connectivity index (χ1v) is 7.25. The van der Waals surface area contributed by atoms with Crippen molar-refractivity contribution in [3.63, 3.8) is 0 Å². The fraction of sp³-hybridized carbons (Fsp3) is 0.833. The maximum absolute atomic E-state index is 4.68. The number of piperidine rings is 1. The summed E-state index contributed by atoms with van der Waals surface area (Å²) in [5, 5.41) is 4.56. The van der Waals surface area contributed by atoms with Crippen LogP contribution in [0.2, 0.25) is 0 Å². The fourth-order valence-corrected chi connectivity index (χ4v) is 3.10. The third-order valence-corrected chi connectivity index (χ3v) is 4.91. The van der Waals surface area contributed by atoms with Gasteiger partial charge in [0.2, 0.25) is 5.13 Å². The summed E-state index contributed by atoms with van der Waals surface area (Å²) >= 11 is 1.58. The summed E-state index contributed by atoms with van der Waals surface area (Å²) in [6, 6.07) is 0. The average molecular weight is 252 g/mol. The Morgan fingerprint density at radius 3 is 2.65 bits per heavy atom. The Kier molecular flexibility index (Phi) is 2.83. The van der Waals surface area contributed by atoms with Crippen LogP contribution in [0.4, 0.5) is 5.13 Å². The van der Waals surface area contributed by atoms with Crippen LogP contribution in [0.3, 0.4) is 0 Å². The van der Waals surface area contributed by atoms with E-state index in [1.807, 2.05) is 0 Å². The first-order chi connectivity index (χ1) is 8.20. The molecule has 1 aromatic heterocycles. The lowest BCUT2D eigenvalue weighted by atomic mass is 9.90. The van der Waals surface area contributed by atoms with E-state index in [4.69, 9.17) is 0 Å². The Labute approximate surface area is 107 Å². The third-order valence-electron chi connectivity index (χ3n) is 4.11. The van der Waals surface area contributed by atoms with Gasteiger partial charge >= 0.3 is 0 Å². The quantitative estimate of drug-likeness (QED) is 0.893. The molecule has 1 saturated carbocycles. The van der Waals surface area contributed by atoms with Crippen LogP contribution in [0.5, 0.6) is 0 Å². The van der Waals surface area contributed by atoms with Crippen molar-refractivity contribution >= 4 is 16.7 Å². The van der Waals surface area contributed by atoms with Crippen LogP contribution in [-0.4, -0.2) is 35.0 Å². The summed E-state index contributed by atoms with van der Waals surface area (Å²) in [5.74, 6) is 1.76. The van der Waals surface area contributed by atoms with Gasteiger partial charge in [0.15, 0.2) is 0 Å². The maximum Gasteiger partial charge on any atom is 0.205 e. The highest BCUT2D eigenvalue weighted by Gasteiger charge is 2.31. The molecular weight excluding hydrogens is 232 g/mol. The minimum atomic E-state index is 0.306. The molecule has 2 aliphatic rings. The molecule has 1 aromatic rings. The van der Waals surface area contributed by atoms with Crippen LogP contribution in [0.15, 0.2) is 0 Å². The maximum atomic E-state index is 4.68. The van der Waals surface area contributed by atoms with Crippen LogP contribution < -0.4 is 10.2 Å². The second-order valence-electron chi connectivity index (χ2n) is 5.51. The molecule has 0 amide bonds. The Bertz CT molecular complexity index is 391. The fourth-order valence-electron chi connectivity index (χ4n) is 2.30. The lowest BCUT2D eigenvalue weighted by Crippen LogP contribution is -2.50. The van der Waals surface area contributed by atoms with E-state index in [1.54, 1.807) is 11.5 Å². The van der Waals surface area contributed by atoms with Gasteiger partial charge in [-0.25, -0.2) is 4.98 Å². The molecule has 0 atom stereocenters. The van der Waals surface area contributed by atoms with Crippen molar-refractivity contribution in [2.45, 2.75) is 44.1 Å². The summed E-state index contributed by atoms with van der Waals surface area (Å²) in [6.07, 6.45) is 4.94. The van der Waals surface area contributed by atoms with Crippen molar-refractivity contribution in [1.82, 2.24) is 14.7 Å². The van der Waals surface area contributed by atoms with Gasteiger partial charge in [0.1, 0.15) is 5.82 Å². The Hall–Kier alpha value is -0.680. The van der Waals surface area contributed by atoms with Crippen molar-refractivity contribution in [3.05, 3.63) is 5.82 Å². The molecule has 5 heteroatoms. The Morgan fingerprint density at radius 1 is 1.35 bits per heavy atom. The van der Waals surface area contributed by atoms with Crippen molar-refractivity contribution in [3.8, 4) is 0 Å². The van der Waals surface area contributed by atoms with Crippen LogP contribution >= 0.6 is 11.5 Å². The predicted molar refractivity (Wildman–Crippen MR) is 70.8 cm³/mol. The predicted octanol–water partition coefficient (Wildman–Crippen LogP) is 1.99. The first kappa shape index (κ1) is 11.4. The Balaban J connectivity index is 1.65. The highest BCUT2D eigenvalue weighted by Crippen LogP contribution is 2.40. The van der Waals surface area contributed by atoms with E-state index in [0.717, 1.165) is 24.0 Å². The van der Waals surface area contributed by atoms with Crippen LogP contribution in [0.25, 0.3) is 0 Å². The van der Waals surface area contributed by atoms with Gasteiger partial charge in [-0.1, -0.05) is 0 Å². The van der Waals surface area contributed by atoms with Gasteiger partial charge in [-0.05, 0) is 39.7 Å². The van der Waals surface area contributed by atoms with Gasteiger partial charge in [-0.3, -0.25) is 0 Å². The van der Waals surface area contributed by atoms with Gasteiger partial charge in [0.25, 0.3) is 0 Å². The van der Waals surface area contributed by atoms with Gasteiger partial charge in [-0.15, -0.1) is 0 Å². The minimum absolute atomic E-state index is 0.306. The molecule has 0 aromatic carbocycles. The van der Waals surface area contributed by atoms with Crippen molar-refractivity contribution < 1.29 is 0 Å². The molecule has 0 unspecified atom stereocenters. The van der Waals surface area contributed by atoms with Crippen molar-refractivity contribution in [2.24, 2.45) is 0 Å². The third kappa shape index (κ3) is 2.31. The molecule has 1 aliphatic heterocycles. The summed E-state index contributed by atoms with van der Waals surface area (Å²) in [5.41, 5.74) is 0.306. The number of anilines is 1. The van der Waals surface area contributed by atoms with E-state index in [1.165, 1.54) is 25.7 Å². The van der Waals surface area contributed by atoms with Crippen LogP contribution in [0, 0.1) is 0 Å². The topological polar surface area (TPSA) is 41.0 Å². The standard InChI is InChI=1S/C12H20N4S/c1-12(13-2)5-7-16(8-6-12)11-14-10(15-17-11)9-3-4-9/h9,13H,3-8H2,1-2H3. The highest BCUT2D eigenvalue weighted by atomic mass is 32.1. The van der Waals surface area contributed by atoms with E-state index in [-0.39, 0.29) is 0 Å². The molecule has 3 rings (SSSR count). The second kappa shape index (κ2) is 4.21. The van der Waals surface area contributed by atoms with Gasteiger partial charge in [0, 0.05) is 36.1 Å². The molecule has 2 heterocycles. The number of nitrogens with zero attached hydrogens (tertiary/aromatic N) is 3. The second-order valence-corrected chi connectivity index (χ2v) is 6.24. The largest absolute Gasteiger partial charge is 0.347 e. The highest BCUT2D eigenvalue weighted by molar-refractivity contribution is 7.09. The van der Waals surface area contributed by atoms with E-state index in [0.29, 0.717) is 11.5 Å². The molecule has 94 valence electrons. The lowest BCUT2D eigenvalue weighted by molar-refractivity contribution is 0.305. The summed E-state index contributed by atoms with van der Waals surface area (Å²) in [4.78, 5) is 7.07. The first-order valence-electron chi connectivity index (χ1n) is 6.48. The van der Waals surface area contributed by atoms with Crippen LogP contribution in [0.1, 0.15) is 44.3 Å². The van der Waals surface area contributed by atoms with Gasteiger partial charge in [0.05, 0.1) is 0 Å². The normalized spacial score (nSPS) is 24.0. The van der Waals surface area contributed by atoms with E-state index in [9.17, 15) is 0 Å². The van der Waals surface area contributed by atoms with Crippen LogP contribution in [-0.2, 0) is 0 Å². The smallest absolute Gasteiger partial charge is 0.205 e. The molecule has 1 aliphatic carbocycles. The van der Waals surface area contributed by atoms with Crippen molar-refractivity contribution in [2.75, 3.05) is 25.0 Å². The summed E-state index contributed by atoms with van der Waals surface area (Å²) in [7, 11) is 2.06. The molecule has 2 fully saturated rings. The zero-order chi connectivity index (χ0) is 11.9. The molecule has 0 bridgehead atoms. The van der Waals surface area contributed by atoms with Gasteiger partial charge < -0.3 is 10.2 Å². The van der Waals surface area contributed by atoms with Gasteiger partial charge in [-0.2, -0.15) is 4.37 Å². The number of aromatic nitrogens is 2. The Morgan fingerprint density at radius 2 is 2.06 bits per heavy atom. The molecule has 0 radical (unpaired) electrons. The SMILES string of the molecule is CNC1(C)CCN(c2nc(C3CC3)ns2)CC1. The number of hydrogen-bond acceptors (Lipinski definition) is 5. The number of nitrogens with one attached hydrogen (secondary N) is 1. The van der Waals surface area contributed by atoms with Crippen molar-refractivity contribution in [1.29, 1.82) is 0 Å². The molecule has 17 heavy (non-hydrogen) atoms. The average Bonchev–Trinajstić information content (AvgIpc) is 3.09.